The van der Waals surface area contributed by atoms with Gasteiger partial charge in [0, 0.05) is 12.3 Å². The molecule has 4 heteroatoms. The SMILES string of the molecule is C#CCN(CC#C)Cc1ccc(CSCCN)o1. The standard InChI is InChI=1S/C14H18N2OS/c1-3-8-16(9-4-2)11-13-5-6-14(17-13)12-18-10-7-15/h1-2,5-6H,7-12,15H2. The number of nitrogens with zero attached hydrogens (tertiary/aromatic N) is 1. The Bertz CT molecular complexity index is 412. The predicted molar refractivity (Wildman–Crippen MR) is 76.9 cm³/mol. The van der Waals surface area contributed by atoms with Crippen LogP contribution in [0.4, 0.5) is 0 Å². The lowest BCUT2D eigenvalue weighted by Gasteiger charge is -2.14. The molecule has 96 valence electrons. The van der Waals surface area contributed by atoms with Gasteiger partial charge in [0.15, 0.2) is 0 Å². The van der Waals surface area contributed by atoms with Crippen LogP contribution in [0.2, 0.25) is 0 Å². The first-order chi connectivity index (χ1) is 8.80. The minimum atomic E-state index is 0.530. The van der Waals surface area contributed by atoms with Gasteiger partial charge >= 0.3 is 0 Å². The molecule has 0 bridgehead atoms. The molecule has 1 heterocycles. The topological polar surface area (TPSA) is 42.4 Å². The summed E-state index contributed by atoms with van der Waals surface area (Å²) in [5.41, 5.74) is 5.43. The van der Waals surface area contributed by atoms with E-state index in [0.717, 1.165) is 23.0 Å². The summed E-state index contributed by atoms with van der Waals surface area (Å²) in [6, 6.07) is 3.96. The van der Waals surface area contributed by atoms with Gasteiger partial charge in [0.1, 0.15) is 11.5 Å². The zero-order chi connectivity index (χ0) is 13.2. The third-order valence-corrected chi connectivity index (χ3v) is 3.25. The third-order valence-electron chi connectivity index (χ3n) is 2.23. The van der Waals surface area contributed by atoms with Gasteiger partial charge in [-0.05, 0) is 12.1 Å². The molecule has 1 aromatic heterocycles. The lowest BCUT2D eigenvalue weighted by molar-refractivity contribution is 0.299. The van der Waals surface area contributed by atoms with Gasteiger partial charge in [-0.3, -0.25) is 4.90 Å². The van der Waals surface area contributed by atoms with Crippen LogP contribution in [0, 0.1) is 24.7 Å². The Morgan fingerprint density at radius 3 is 2.50 bits per heavy atom. The normalized spacial score (nSPS) is 10.2. The van der Waals surface area contributed by atoms with Crippen molar-refractivity contribution in [3.05, 3.63) is 23.7 Å². The van der Waals surface area contributed by atoms with Crippen LogP contribution in [0.5, 0.6) is 0 Å². The van der Waals surface area contributed by atoms with Gasteiger partial charge in [0.2, 0.25) is 0 Å². The van der Waals surface area contributed by atoms with E-state index < -0.39 is 0 Å². The number of hydrogen-bond donors (Lipinski definition) is 1. The summed E-state index contributed by atoms with van der Waals surface area (Å²) >= 11 is 1.76. The van der Waals surface area contributed by atoms with E-state index in [2.05, 4.69) is 11.8 Å². The second kappa shape index (κ2) is 8.72. The zero-order valence-electron chi connectivity index (χ0n) is 10.4. The van der Waals surface area contributed by atoms with E-state index in [-0.39, 0.29) is 0 Å². The van der Waals surface area contributed by atoms with Gasteiger partial charge in [-0.15, -0.1) is 12.8 Å². The fourth-order valence-corrected chi connectivity index (χ4v) is 2.15. The first kappa shape index (κ1) is 14.7. The Labute approximate surface area is 113 Å². The van der Waals surface area contributed by atoms with Gasteiger partial charge < -0.3 is 10.2 Å². The van der Waals surface area contributed by atoms with E-state index in [1.807, 2.05) is 17.0 Å². The average molecular weight is 262 g/mol. The van der Waals surface area contributed by atoms with Crippen molar-refractivity contribution in [3.8, 4) is 24.7 Å². The summed E-state index contributed by atoms with van der Waals surface area (Å²) in [6.45, 7) is 2.40. The summed E-state index contributed by atoms with van der Waals surface area (Å²) in [5.74, 6) is 8.83. The van der Waals surface area contributed by atoms with Crippen molar-refractivity contribution in [2.75, 3.05) is 25.4 Å². The van der Waals surface area contributed by atoms with Crippen molar-refractivity contribution in [1.29, 1.82) is 0 Å². The summed E-state index contributed by atoms with van der Waals surface area (Å²) in [7, 11) is 0. The number of nitrogens with two attached hydrogens (primary N) is 1. The molecule has 0 radical (unpaired) electrons. The highest BCUT2D eigenvalue weighted by molar-refractivity contribution is 7.98. The monoisotopic (exact) mass is 262 g/mol. The van der Waals surface area contributed by atoms with Gasteiger partial charge in [0.05, 0.1) is 25.4 Å². The molecule has 0 fully saturated rings. The summed E-state index contributed by atoms with van der Waals surface area (Å²) in [4.78, 5) is 1.98. The van der Waals surface area contributed by atoms with E-state index in [1.165, 1.54) is 0 Å². The average Bonchev–Trinajstić information content (AvgIpc) is 2.78. The van der Waals surface area contributed by atoms with Crippen molar-refractivity contribution in [2.24, 2.45) is 5.73 Å². The Hall–Kier alpha value is -1.33. The lowest BCUT2D eigenvalue weighted by Crippen LogP contribution is -2.23. The van der Waals surface area contributed by atoms with Crippen LogP contribution in [-0.4, -0.2) is 30.3 Å². The largest absolute Gasteiger partial charge is 0.464 e. The van der Waals surface area contributed by atoms with Crippen molar-refractivity contribution in [3.63, 3.8) is 0 Å². The maximum absolute atomic E-state index is 5.71. The van der Waals surface area contributed by atoms with E-state index in [1.54, 1.807) is 11.8 Å². The van der Waals surface area contributed by atoms with Crippen LogP contribution in [0.25, 0.3) is 0 Å². The smallest absolute Gasteiger partial charge is 0.118 e. The lowest BCUT2D eigenvalue weighted by atomic mass is 10.4. The Kier molecular flexibility index (Phi) is 7.13. The molecule has 0 aromatic carbocycles. The number of terminal acetylenes is 2. The molecule has 0 unspecified atom stereocenters. The molecule has 18 heavy (non-hydrogen) atoms. The van der Waals surface area contributed by atoms with Crippen LogP contribution in [-0.2, 0) is 12.3 Å². The number of furan rings is 1. The van der Waals surface area contributed by atoms with Crippen LogP contribution >= 0.6 is 11.8 Å². The van der Waals surface area contributed by atoms with Crippen molar-refractivity contribution in [1.82, 2.24) is 4.90 Å². The highest BCUT2D eigenvalue weighted by Crippen LogP contribution is 2.16. The minimum absolute atomic E-state index is 0.530. The van der Waals surface area contributed by atoms with Gasteiger partial charge in [-0.25, -0.2) is 0 Å². The molecule has 2 N–H and O–H groups in total. The van der Waals surface area contributed by atoms with E-state index in [0.29, 0.717) is 26.2 Å². The Morgan fingerprint density at radius 1 is 1.22 bits per heavy atom. The quantitative estimate of drug-likeness (QED) is 0.570. The van der Waals surface area contributed by atoms with Gasteiger partial charge in [-0.1, -0.05) is 11.8 Å². The maximum atomic E-state index is 5.71. The molecule has 0 aliphatic rings. The molecule has 0 saturated heterocycles. The maximum Gasteiger partial charge on any atom is 0.118 e. The predicted octanol–water partition coefficient (Wildman–Crippen LogP) is 1.54. The van der Waals surface area contributed by atoms with E-state index in [9.17, 15) is 0 Å². The van der Waals surface area contributed by atoms with Crippen LogP contribution in [0.3, 0.4) is 0 Å². The highest BCUT2D eigenvalue weighted by Gasteiger charge is 2.07. The minimum Gasteiger partial charge on any atom is -0.464 e. The first-order valence-corrected chi connectivity index (χ1v) is 6.90. The molecule has 0 saturated carbocycles. The molecule has 3 nitrogen and oxygen atoms in total. The molecular weight excluding hydrogens is 244 g/mol. The summed E-state index contributed by atoms with van der Waals surface area (Å²) in [6.07, 6.45) is 10.6. The number of hydrogen-bond acceptors (Lipinski definition) is 4. The molecule has 1 rings (SSSR count). The number of thioether (sulfide) groups is 1. The molecule has 0 spiro atoms. The number of rotatable bonds is 8. The van der Waals surface area contributed by atoms with Gasteiger partial charge in [-0.2, -0.15) is 11.8 Å². The fraction of sp³-hybridized carbons (Fsp3) is 0.429. The van der Waals surface area contributed by atoms with Crippen LogP contribution in [0.1, 0.15) is 11.5 Å². The van der Waals surface area contributed by atoms with Gasteiger partial charge in [0.25, 0.3) is 0 Å². The van der Waals surface area contributed by atoms with Crippen molar-refractivity contribution in [2.45, 2.75) is 12.3 Å². The van der Waals surface area contributed by atoms with E-state index >= 15 is 0 Å². The second-order valence-corrected chi connectivity index (χ2v) is 4.87. The molecule has 1 aromatic rings. The van der Waals surface area contributed by atoms with Crippen LogP contribution in [0.15, 0.2) is 16.5 Å². The Morgan fingerprint density at radius 2 is 1.89 bits per heavy atom. The summed E-state index contributed by atoms with van der Waals surface area (Å²) in [5, 5.41) is 0. The molecule has 0 amide bonds. The zero-order valence-corrected chi connectivity index (χ0v) is 11.2. The van der Waals surface area contributed by atoms with Crippen LogP contribution < -0.4 is 5.73 Å². The molecule has 0 aliphatic carbocycles. The molecular formula is C14H18N2OS. The highest BCUT2D eigenvalue weighted by atomic mass is 32.2. The van der Waals surface area contributed by atoms with Crippen molar-refractivity contribution < 1.29 is 4.42 Å². The van der Waals surface area contributed by atoms with Crippen molar-refractivity contribution >= 4 is 11.8 Å². The molecule has 0 atom stereocenters. The van der Waals surface area contributed by atoms with E-state index in [4.69, 9.17) is 23.0 Å². The summed E-state index contributed by atoms with van der Waals surface area (Å²) < 4.78 is 5.71. The molecule has 0 aliphatic heterocycles. The third kappa shape index (κ3) is 5.33. The second-order valence-electron chi connectivity index (χ2n) is 3.76. The fourth-order valence-electron chi connectivity index (χ4n) is 1.49. The Balaban J connectivity index is 2.46. The first-order valence-electron chi connectivity index (χ1n) is 5.74.